The molecule has 0 bridgehead atoms. The van der Waals surface area contributed by atoms with Gasteiger partial charge in [0.2, 0.25) is 0 Å². The van der Waals surface area contributed by atoms with E-state index in [0.29, 0.717) is 22.8 Å². The molecule has 0 fully saturated rings. The summed E-state index contributed by atoms with van der Waals surface area (Å²) >= 11 is 0. The molecule has 138 valence electrons. The molecule has 0 radical (unpaired) electrons. The minimum absolute atomic E-state index is 0.361. The summed E-state index contributed by atoms with van der Waals surface area (Å²) < 4.78 is 15.8. The van der Waals surface area contributed by atoms with Crippen LogP contribution < -0.4 is 19.6 Å². The molecule has 0 unspecified atom stereocenters. The molecule has 6 heteroatoms. The molecular weight excluding hydrogens is 344 g/mol. The largest absolute Gasteiger partial charge is 0.497 e. The van der Waals surface area contributed by atoms with Gasteiger partial charge < -0.3 is 14.2 Å². The van der Waals surface area contributed by atoms with E-state index in [1.807, 2.05) is 36.4 Å². The van der Waals surface area contributed by atoms with Crippen LogP contribution in [0.15, 0.2) is 59.7 Å². The fourth-order valence-electron chi connectivity index (χ4n) is 2.79. The standard InChI is InChI=1S/C21H20N2O4/c1-25-15-9-10-17(20(12-15)27-3)21(24)23-22-13-18-16-7-5-4-6-14(16)8-11-19(18)26-2/h4-13H,1-3H3,(H,23,24). The molecular formula is C21H20N2O4. The fraction of sp³-hybridized carbons (Fsp3) is 0.143. The van der Waals surface area contributed by atoms with Crippen LogP contribution in [0.5, 0.6) is 17.2 Å². The maximum atomic E-state index is 12.5. The van der Waals surface area contributed by atoms with Gasteiger partial charge in [-0.2, -0.15) is 5.10 Å². The SMILES string of the molecule is COc1ccc(C(=O)NN=Cc2c(OC)ccc3ccccc23)c(OC)c1. The number of nitrogens with one attached hydrogen (secondary N) is 1. The molecule has 0 heterocycles. The van der Waals surface area contributed by atoms with E-state index in [4.69, 9.17) is 14.2 Å². The number of amides is 1. The monoisotopic (exact) mass is 364 g/mol. The second-order valence-corrected chi connectivity index (χ2v) is 5.67. The number of carbonyl (C=O) groups excluding carboxylic acids is 1. The van der Waals surface area contributed by atoms with Gasteiger partial charge in [-0.05, 0) is 29.0 Å². The third-order valence-corrected chi connectivity index (χ3v) is 4.16. The number of nitrogens with zero attached hydrogens (tertiary/aromatic N) is 1. The lowest BCUT2D eigenvalue weighted by atomic mass is 10.0. The summed E-state index contributed by atoms with van der Waals surface area (Å²) in [5, 5.41) is 6.14. The van der Waals surface area contributed by atoms with Crippen molar-refractivity contribution in [3.8, 4) is 17.2 Å². The van der Waals surface area contributed by atoms with Crippen LogP contribution in [0.25, 0.3) is 10.8 Å². The van der Waals surface area contributed by atoms with E-state index in [-0.39, 0.29) is 5.91 Å². The Morgan fingerprint density at radius 1 is 0.926 bits per heavy atom. The molecule has 3 aromatic carbocycles. The van der Waals surface area contributed by atoms with Gasteiger partial charge in [-0.1, -0.05) is 30.3 Å². The van der Waals surface area contributed by atoms with Crippen LogP contribution >= 0.6 is 0 Å². The molecule has 6 nitrogen and oxygen atoms in total. The second-order valence-electron chi connectivity index (χ2n) is 5.67. The quantitative estimate of drug-likeness (QED) is 0.536. The normalized spacial score (nSPS) is 10.8. The van der Waals surface area contributed by atoms with Gasteiger partial charge in [0.15, 0.2) is 0 Å². The van der Waals surface area contributed by atoms with E-state index < -0.39 is 0 Å². The number of benzene rings is 3. The van der Waals surface area contributed by atoms with E-state index >= 15 is 0 Å². The highest BCUT2D eigenvalue weighted by Gasteiger charge is 2.13. The molecule has 0 aliphatic carbocycles. The third kappa shape index (κ3) is 3.84. The summed E-state index contributed by atoms with van der Waals surface area (Å²) in [7, 11) is 4.65. The van der Waals surface area contributed by atoms with Crippen LogP contribution in [0.3, 0.4) is 0 Å². The van der Waals surface area contributed by atoms with Crippen LogP contribution in [0, 0.1) is 0 Å². The van der Waals surface area contributed by atoms with Gasteiger partial charge in [0, 0.05) is 11.6 Å². The van der Waals surface area contributed by atoms with E-state index in [0.717, 1.165) is 16.3 Å². The van der Waals surface area contributed by atoms with Gasteiger partial charge in [-0.15, -0.1) is 0 Å². The molecule has 1 amide bonds. The summed E-state index contributed by atoms with van der Waals surface area (Å²) in [5.41, 5.74) is 3.68. The Labute approximate surface area is 157 Å². The maximum absolute atomic E-state index is 12.5. The number of fused-ring (bicyclic) bond motifs is 1. The van der Waals surface area contributed by atoms with Crippen molar-refractivity contribution in [2.75, 3.05) is 21.3 Å². The highest BCUT2D eigenvalue weighted by atomic mass is 16.5. The first-order valence-electron chi connectivity index (χ1n) is 8.29. The second kappa shape index (κ2) is 8.23. The summed E-state index contributed by atoms with van der Waals surface area (Å²) in [6.45, 7) is 0. The van der Waals surface area contributed by atoms with E-state index in [2.05, 4.69) is 10.5 Å². The highest BCUT2D eigenvalue weighted by Crippen LogP contribution is 2.27. The number of hydrazone groups is 1. The van der Waals surface area contributed by atoms with E-state index in [1.165, 1.54) is 7.11 Å². The summed E-state index contributed by atoms with van der Waals surface area (Å²) in [4.78, 5) is 12.5. The van der Waals surface area contributed by atoms with Crippen molar-refractivity contribution in [1.82, 2.24) is 5.43 Å². The first kappa shape index (κ1) is 18.3. The molecule has 0 aliphatic rings. The first-order chi connectivity index (χ1) is 13.2. The number of hydrogen-bond acceptors (Lipinski definition) is 5. The molecule has 3 aromatic rings. The average molecular weight is 364 g/mol. The molecule has 27 heavy (non-hydrogen) atoms. The number of ether oxygens (including phenoxy) is 3. The predicted molar refractivity (Wildman–Crippen MR) is 105 cm³/mol. The Hall–Kier alpha value is -3.54. The van der Waals surface area contributed by atoms with Crippen molar-refractivity contribution < 1.29 is 19.0 Å². The lowest BCUT2D eigenvalue weighted by Crippen LogP contribution is -2.18. The van der Waals surface area contributed by atoms with Gasteiger partial charge >= 0.3 is 0 Å². The van der Waals surface area contributed by atoms with Crippen LogP contribution in [-0.4, -0.2) is 33.5 Å². The molecule has 0 atom stereocenters. The zero-order valence-corrected chi connectivity index (χ0v) is 15.4. The zero-order valence-electron chi connectivity index (χ0n) is 15.4. The zero-order chi connectivity index (χ0) is 19.2. The molecule has 0 spiro atoms. The van der Waals surface area contributed by atoms with Crippen molar-refractivity contribution >= 4 is 22.9 Å². The van der Waals surface area contributed by atoms with Crippen LogP contribution in [0.1, 0.15) is 15.9 Å². The van der Waals surface area contributed by atoms with Gasteiger partial charge in [0.1, 0.15) is 17.2 Å². The Kier molecular flexibility index (Phi) is 5.56. The lowest BCUT2D eigenvalue weighted by molar-refractivity contribution is 0.0952. The Balaban J connectivity index is 1.86. The molecule has 0 aromatic heterocycles. The first-order valence-corrected chi connectivity index (χ1v) is 8.29. The molecule has 0 aliphatic heterocycles. The summed E-state index contributed by atoms with van der Waals surface area (Å²) in [5.74, 6) is 1.30. The predicted octanol–water partition coefficient (Wildman–Crippen LogP) is 3.63. The summed E-state index contributed by atoms with van der Waals surface area (Å²) in [6.07, 6.45) is 1.58. The van der Waals surface area contributed by atoms with Crippen LogP contribution in [0.4, 0.5) is 0 Å². The molecule has 0 saturated heterocycles. The van der Waals surface area contributed by atoms with E-state index in [1.54, 1.807) is 38.6 Å². The molecule has 3 rings (SSSR count). The molecule has 0 saturated carbocycles. The Morgan fingerprint density at radius 3 is 2.44 bits per heavy atom. The minimum atomic E-state index is -0.384. The van der Waals surface area contributed by atoms with Crippen molar-refractivity contribution in [2.24, 2.45) is 5.10 Å². The molecule has 1 N–H and O–H groups in total. The van der Waals surface area contributed by atoms with Crippen molar-refractivity contribution in [3.05, 3.63) is 65.7 Å². The van der Waals surface area contributed by atoms with Gasteiger partial charge in [0.05, 0.1) is 33.1 Å². The van der Waals surface area contributed by atoms with Gasteiger partial charge in [0.25, 0.3) is 5.91 Å². The number of carbonyl (C=O) groups is 1. The number of methoxy groups -OCH3 is 3. The summed E-state index contributed by atoms with van der Waals surface area (Å²) in [6, 6.07) is 16.7. The fourth-order valence-corrected chi connectivity index (χ4v) is 2.79. The minimum Gasteiger partial charge on any atom is -0.497 e. The van der Waals surface area contributed by atoms with E-state index in [9.17, 15) is 4.79 Å². The maximum Gasteiger partial charge on any atom is 0.275 e. The van der Waals surface area contributed by atoms with Crippen molar-refractivity contribution in [2.45, 2.75) is 0 Å². The number of rotatable bonds is 6. The Bertz CT molecular complexity index is 999. The van der Waals surface area contributed by atoms with Crippen molar-refractivity contribution in [3.63, 3.8) is 0 Å². The van der Waals surface area contributed by atoms with Gasteiger partial charge in [-0.25, -0.2) is 5.43 Å². The van der Waals surface area contributed by atoms with Crippen molar-refractivity contribution in [1.29, 1.82) is 0 Å². The lowest BCUT2D eigenvalue weighted by Gasteiger charge is -2.10. The van der Waals surface area contributed by atoms with Crippen LogP contribution in [0.2, 0.25) is 0 Å². The topological polar surface area (TPSA) is 69.2 Å². The van der Waals surface area contributed by atoms with Gasteiger partial charge in [-0.3, -0.25) is 4.79 Å². The number of hydrogen-bond donors (Lipinski definition) is 1. The Morgan fingerprint density at radius 2 is 1.70 bits per heavy atom. The average Bonchev–Trinajstić information content (AvgIpc) is 2.73. The highest BCUT2D eigenvalue weighted by molar-refractivity contribution is 6.03. The van der Waals surface area contributed by atoms with Crippen LogP contribution in [-0.2, 0) is 0 Å². The third-order valence-electron chi connectivity index (χ3n) is 4.16. The smallest absolute Gasteiger partial charge is 0.275 e.